The van der Waals surface area contributed by atoms with Gasteiger partial charge in [-0.05, 0) is 36.6 Å². The van der Waals surface area contributed by atoms with Crippen LogP contribution in [0.4, 0.5) is 5.69 Å². The molecule has 0 unspecified atom stereocenters. The maximum Gasteiger partial charge on any atom is 0.238 e. The van der Waals surface area contributed by atoms with E-state index in [1.54, 1.807) is 0 Å². The largest absolute Gasteiger partial charge is 0.325 e. The van der Waals surface area contributed by atoms with Crippen LogP contribution in [-0.4, -0.2) is 10.2 Å². The molecule has 0 bridgehead atoms. The van der Waals surface area contributed by atoms with Crippen LogP contribution in [0.3, 0.4) is 0 Å². The lowest BCUT2D eigenvalue weighted by Gasteiger charge is -2.19. The van der Waals surface area contributed by atoms with Crippen molar-refractivity contribution < 1.29 is 4.79 Å². The Morgan fingerprint density at radius 1 is 1.05 bits per heavy atom. The first-order valence-electron chi connectivity index (χ1n) is 7.19. The summed E-state index contributed by atoms with van der Waals surface area (Å²) >= 11 is 12.7. The zero-order valence-corrected chi connectivity index (χ0v) is 14.0. The topological polar surface area (TPSA) is 29.1 Å². The van der Waals surface area contributed by atoms with E-state index in [-0.39, 0.29) is 5.91 Å². The number of hydrogen-bond acceptors (Lipinski definition) is 1. The van der Waals surface area contributed by atoms with Crippen LogP contribution < -0.4 is 5.32 Å². The van der Waals surface area contributed by atoms with Gasteiger partial charge in [-0.1, -0.05) is 42.5 Å². The van der Waals surface area contributed by atoms with Gasteiger partial charge in [0.15, 0.2) is 0 Å². The van der Waals surface area contributed by atoms with Gasteiger partial charge in [-0.3, -0.25) is 4.79 Å². The van der Waals surface area contributed by atoms with Crippen molar-refractivity contribution >= 4 is 34.8 Å². The van der Waals surface area contributed by atoms with Gasteiger partial charge in [0, 0.05) is 12.1 Å². The van der Waals surface area contributed by atoms with Crippen molar-refractivity contribution in [2.75, 3.05) is 5.32 Å². The molecule has 0 heterocycles. The predicted molar refractivity (Wildman–Crippen MR) is 91.7 cm³/mol. The zero-order valence-electron chi connectivity index (χ0n) is 12.5. The Hall–Kier alpha value is -1.51. The standard InChI is InChI=1S/C18H17Cl2NO/c1-12-7-6-10-15(13(12)2)21-16(22)17(11-18(17,19)20)14-8-4-3-5-9-14/h3-10H,11H2,1-2H3,(H,21,22)/t17-/m0/s1. The monoisotopic (exact) mass is 333 g/mol. The van der Waals surface area contributed by atoms with E-state index >= 15 is 0 Å². The van der Waals surface area contributed by atoms with E-state index in [1.165, 1.54) is 0 Å². The summed E-state index contributed by atoms with van der Waals surface area (Å²) in [6.45, 7) is 4.00. The molecule has 1 N–H and O–H groups in total. The highest BCUT2D eigenvalue weighted by Crippen LogP contribution is 2.65. The average Bonchev–Trinajstić information content (AvgIpc) is 3.09. The van der Waals surface area contributed by atoms with Gasteiger partial charge in [0.1, 0.15) is 9.75 Å². The van der Waals surface area contributed by atoms with Gasteiger partial charge >= 0.3 is 0 Å². The molecule has 22 heavy (non-hydrogen) atoms. The normalized spacial score (nSPS) is 22.2. The number of hydrogen-bond donors (Lipinski definition) is 1. The molecule has 3 rings (SSSR count). The summed E-state index contributed by atoms with van der Waals surface area (Å²) < 4.78 is -1.06. The molecular weight excluding hydrogens is 317 g/mol. The molecule has 1 aliphatic carbocycles. The molecule has 0 aromatic heterocycles. The summed E-state index contributed by atoms with van der Waals surface area (Å²) in [6, 6.07) is 15.3. The SMILES string of the molecule is Cc1cccc(NC(=O)[C@@]2(c3ccccc3)CC2(Cl)Cl)c1C. The third kappa shape index (κ3) is 2.31. The van der Waals surface area contributed by atoms with Gasteiger partial charge in [0.05, 0.1) is 0 Å². The van der Waals surface area contributed by atoms with E-state index in [0.717, 1.165) is 22.4 Å². The number of alkyl halides is 2. The first-order valence-corrected chi connectivity index (χ1v) is 7.95. The molecule has 4 heteroatoms. The summed E-state index contributed by atoms with van der Waals surface area (Å²) in [6.07, 6.45) is 0.420. The number of amides is 1. The molecule has 2 aromatic rings. The predicted octanol–water partition coefficient (Wildman–Crippen LogP) is 4.76. The summed E-state index contributed by atoms with van der Waals surface area (Å²) in [5.74, 6) is -0.155. The molecule has 2 nitrogen and oxygen atoms in total. The molecule has 0 saturated heterocycles. The number of anilines is 1. The highest BCUT2D eigenvalue weighted by molar-refractivity contribution is 6.54. The summed E-state index contributed by atoms with van der Waals surface area (Å²) in [4.78, 5) is 12.9. The number of halogens is 2. The fraction of sp³-hybridized carbons (Fsp3) is 0.278. The molecule has 0 spiro atoms. The van der Waals surface area contributed by atoms with Crippen molar-refractivity contribution in [1.29, 1.82) is 0 Å². The third-order valence-electron chi connectivity index (χ3n) is 4.49. The Bertz CT molecular complexity index is 727. The number of carbonyl (C=O) groups is 1. The fourth-order valence-electron chi connectivity index (χ4n) is 2.82. The van der Waals surface area contributed by atoms with Crippen LogP contribution in [0.1, 0.15) is 23.1 Å². The van der Waals surface area contributed by atoms with Crippen molar-refractivity contribution in [3.05, 3.63) is 65.2 Å². The van der Waals surface area contributed by atoms with Gasteiger partial charge in [0.2, 0.25) is 5.91 Å². The molecule has 0 aliphatic heterocycles. The molecule has 114 valence electrons. The van der Waals surface area contributed by atoms with E-state index in [2.05, 4.69) is 5.32 Å². The lowest BCUT2D eigenvalue weighted by Crippen LogP contribution is -2.32. The van der Waals surface area contributed by atoms with Crippen LogP contribution >= 0.6 is 23.2 Å². The highest BCUT2D eigenvalue weighted by atomic mass is 35.5. The van der Waals surface area contributed by atoms with Crippen LogP contribution in [-0.2, 0) is 10.2 Å². The van der Waals surface area contributed by atoms with Crippen LogP contribution in [0, 0.1) is 13.8 Å². The molecule has 1 saturated carbocycles. The summed E-state index contributed by atoms with van der Waals surface area (Å²) in [7, 11) is 0. The molecule has 0 radical (unpaired) electrons. The van der Waals surface area contributed by atoms with E-state index in [1.807, 2.05) is 62.4 Å². The molecule has 1 amide bonds. The van der Waals surface area contributed by atoms with Gasteiger partial charge in [0.25, 0.3) is 0 Å². The quantitative estimate of drug-likeness (QED) is 0.806. The average molecular weight is 334 g/mol. The van der Waals surface area contributed by atoms with Crippen molar-refractivity contribution in [2.45, 2.75) is 30.0 Å². The first kappa shape index (κ1) is 15.4. The Morgan fingerprint density at radius 3 is 2.27 bits per heavy atom. The van der Waals surface area contributed by atoms with Crippen LogP contribution in [0.2, 0.25) is 0 Å². The Kier molecular flexibility index (Phi) is 3.70. The Balaban J connectivity index is 1.95. The number of rotatable bonds is 3. The lowest BCUT2D eigenvalue weighted by molar-refractivity contribution is -0.118. The zero-order chi connectivity index (χ0) is 16.0. The maximum atomic E-state index is 12.9. The second kappa shape index (κ2) is 5.29. The molecule has 1 fully saturated rings. The maximum absolute atomic E-state index is 12.9. The number of benzene rings is 2. The van der Waals surface area contributed by atoms with Crippen molar-refractivity contribution in [2.24, 2.45) is 0 Å². The lowest BCUT2D eigenvalue weighted by atomic mass is 9.94. The van der Waals surface area contributed by atoms with E-state index in [4.69, 9.17) is 23.2 Å². The number of nitrogens with one attached hydrogen (secondary N) is 1. The molecule has 2 aromatic carbocycles. The Morgan fingerprint density at radius 2 is 1.68 bits per heavy atom. The van der Waals surface area contributed by atoms with E-state index in [9.17, 15) is 4.79 Å². The minimum absolute atomic E-state index is 0.155. The van der Waals surface area contributed by atoms with Crippen molar-refractivity contribution in [3.8, 4) is 0 Å². The van der Waals surface area contributed by atoms with Gasteiger partial charge in [-0.2, -0.15) is 0 Å². The highest BCUT2D eigenvalue weighted by Gasteiger charge is 2.72. The Labute approximate surface area is 140 Å². The molecule has 1 atom stereocenters. The van der Waals surface area contributed by atoms with Crippen LogP contribution in [0.25, 0.3) is 0 Å². The second-order valence-corrected chi connectivity index (χ2v) is 7.34. The third-order valence-corrected chi connectivity index (χ3v) is 5.41. The molecule has 1 aliphatic rings. The number of carbonyl (C=O) groups excluding carboxylic acids is 1. The minimum Gasteiger partial charge on any atom is -0.325 e. The van der Waals surface area contributed by atoms with Gasteiger partial charge in [-0.15, -0.1) is 23.2 Å². The van der Waals surface area contributed by atoms with Crippen LogP contribution in [0.5, 0.6) is 0 Å². The molecular formula is C18H17Cl2NO. The van der Waals surface area contributed by atoms with Gasteiger partial charge < -0.3 is 5.32 Å². The van der Waals surface area contributed by atoms with Gasteiger partial charge in [-0.25, -0.2) is 0 Å². The van der Waals surface area contributed by atoms with Crippen molar-refractivity contribution in [1.82, 2.24) is 0 Å². The summed E-state index contributed by atoms with van der Waals surface area (Å²) in [5, 5.41) is 3.00. The van der Waals surface area contributed by atoms with Crippen LogP contribution in [0.15, 0.2) is 48.5 Å². The second-order valence-electron chi connectivity index (χ2n) is 5.85. The summed E-state index contributed by atoms with van der Waals surface area (Å²) in [5.41, 5.74) is 2.95. The fourth-order valence-corrected chi connectivity index (χ4v) is 3.61. The van der Waals surface area contributed by atoms with Crippen molar-refractivity contribution in [3.63, 3.8) is 0 Å². The smallest absolute Gasteiger partial charge is 0.238 e. The first-order chi connectivity index (χ1) is 10.4. The number of aryl methyl sites for hydroxylation is 1. The minimum atomic E-state index is -1.06. The van der Waals surface area contributed by atoms with E-state index in [0.29, 0.717) is 6.42 Å². The van der Waals surface area contributed by atoms with E-state index < -0.39 is 9.75 Å².